The van der Waals surface area contributed by atoms with Crippen LogP contribution in [0, 0.1) is 10.5 Å². The molecule has 0 radical (unpaired) electrons. The highest BCUT2D eigenvalue weighted by molar-refractivity contribution is 14.1. The van der Waals surface area contributed by atoms with Gasteiger partial charge in [-0.3, -0.25) is 4.79 Å². The number of halogens is 1. The second-order valence-electron chi connectivity index (χ2n) is 3.41. The molecule has 1 amide bonds. The summed E-state index contributed by atoms with van der Waals surface area (Å²) in [5, 5.41) is 0. The van der Waals surface area contributed by atoms with E-state index in [-0.39, 0.29) is 5.91 Å². The molecule has 2 nitrogen and oxygen atoms in total. The van der Waals surface area contributed by atoms with Crippen LogP contribution in [0.25, 0.3) is 0 Å². The van der Waals surface area contributed by atoms with Crippen LogP contribution in [0.15, 0.2) is 18.2 Å². The number of carbonyl (C=O) groups excluding carboxylic acids is 1. The van der Waals surface area contributed by atoms with Crippen molar-refractivity contribution >= 4 is 28.5 Å². The van der Waals surface area contributed by atoms with Crippen molar-refractivity contribution in [1.29, 1.82) is 0 Å². The topological polar surface area (TPSA) is 20.3 Å². The standard InChI is InChI=1S/C12H16INO/c1-4-14(5-2)12(15)11-9(3)7-6-8-10(11)13/h6-8H,4-5H2,1-3H3. The molecule has 3 heteroatoms. The molecule has 1 aromatic rings. The molecule has 0 bridgehead atoms. The second-order valence-corrected chi connectivity index (χ2v) is 4.57. The molecule has 0 atom stereocenters. The molecule has 82 valence electrons. The van der Waals surface area contributed by atoms with Gasteiger partial charge in [0.1, 0.15) is 0 Å². The summed E-state index contributed by atoms with van der Waals surface area (Å²) in [4.78, 5) is 14.0. The number of nitrogens with zero attached hydrogens (tertiary/aromatic N) is 1. The molecule has 0 saturated carbocycles. The monoisotopic (exact) mass is 317 g/mol. The number of benzene rings is 1. The molecule has 0 unspecified atom stereocenters. The lowest BCUT2D eigenvalue weighted by Crippen LogP contribution is -2.31. The summed E-state index contributed by atoms with van der Waals surface area (Å²) in [6.45, 7) is 7.53. The molecule has 0 aliphatic carbocycles. The van der Waals surface area contributed by atoms with E-state index in [4.69, 9.17) is 0 Å². The summed E-state index contributed by atoms with van der Waals surface area (Å²) in [6.07, 6.45) is 0. The second kappa shape index (κ2) is 5.49. The third-order valence-electron chi connectivity index (χ3n) is 2.49. The van der Waals surface area contributed by atoms with Gasteiger partial charge in [0.25, 0.3) is 5.91 Å². The average Bonchev–Trinajstić information content (AvgIpc) is 2.19. The van der Waals surface area contributed by atoms with Crippen molar-refractivity contribution in [1.82, 2.24) is 4.90 Å². The first-order valence-electron chi connectivity index (χ1n) is 5.16. The molecule has 15 heavy (non-hydrogen) atoms. The average molecular weight is 317 g/mol. The third kappa shape index (κ3) is 2.71. The summed E-state index contributed by atoms with van der Waals surface area (Å²) in [6, 6.07) is 5.94. The fourth-order valence-corrected chi connectivity index (χ4v) is 2.44. The van der Waals surface area contributed by atoms with Gasteiger partial charge in [-0.2, -0.15) is 0 Å². The first-order valence-corrected chi connectivity index (χ1v) is 6.24. The Balaban J connectivity index is 3.10. The fourth-order valence-electron chi connectivity index (χ4n) is 1.57. The maximum absolute atomic E-state index is 12.2. The van der Waals surface area contributed by atoms with Crippen molar-refractivity contribution < 1.29 is 4.79 Å². The van der Waals surface area contributed by atoms with Gasteiger partial charge in [0.15, 0.2) is 0 Å². The van der Waals surface area contributed by atoms with Crippen molar-refractivity contribution in [2.24, 2.45) is 0 Å². The first kappa shape index (κ1) is 12.5. The van der Waals surface area contributed by atoms with Crippen molar-refractivity contribution in [3.05, 3.63) is 32.9 Å². The molecule has 0 fully saturated rings. The molecular formula is C12H16INO. The van der Waals surface area contributed by atoms with E-state index >= 15 is 0 Å². The number of aryl methyl sites for hydroxylation is 1. The predicted molar refractivity (Wildman–Crippen MR) is 71.1 cm³/mol. The van der Waals surface area contributed by atoms with Crippen LogP contribution in [0.5, 0.6) is 0 Å². The van der Waals surface area contributed by atoms with Crippen molar-refractivity contribution in [2.75, 3.05) is 13.1 Å². The normalized spacial score (nSPS) is 10.1. The number of hydrogen-bond donors (Lipinski definition) is 0. The minimum absolute atomic E-state index is 0.141. The minimum atomic E-state index is 0.141. The van der Waals surface area contributed by atoms with Gasteiger partial charge >= 0.3 is 0 Å². The predicted octanol–water partition coefficient (Wildman–Crippen LogP) is 3.08. The van der Waals surface area contributed by atoms with Gasteiger partial charge in [-0.15, -0.1) is 0 Å². The first-order chi connectivity index (χ1) is 7.11. The summed E-state index contributed by atoms with van der Waals surface area (Å²) < 4.78 is 1.03. The van der Waals surface area contributed by atoms with Gasteiger partial charge in [-0.05, 0) is 55.0 Å². The van der Waals surface area contributed by atoms with E-state index in [0.29, 0.717) is 0 Å². The lowest BCUT2D eigenvalue weighted by Gasteiger charge is -2.20. The van der Waals surface area contributed by atoms with Crippen LogP contribution in [0.3, 0.4) is 0 Å². The number of hydrogen-bond acceptors (Lipinski definition) is 1. The Morgan fingerprint density at radius 2 is 1.93 bits per heavy atom. The zero-order chi connectivity index (χ0) is 11.4. The fraction of sp³-hybridized carbons (Fsp3) is 0.417. The Morgan fingerprint density at radius 3 is 2.40 bits per heavy atom. The Morgan fingerprint density at radius 1 is 1.33 bits per heavy atom. The number of carbonyl (C=O) groups is 1. The molecule has 0 saturated heterocycles. The molecule has 0 aliphatic rings. The lowest BCUT2D eigenvalue weighted by atomic mass is 10.1. The summed E-state index contributed by atoms with van der Waals surface area (Å²) >= 11 is 2.22. The highest BCUT2D eigenvalue weighted by Gasteiger charge is 2.17. The Hall–Kier alpha value is -0.580. The van der Waals surface area contributed by atoms with Crippen LogP contribution in [-0.4, -0.2) is 23.9 Å². The van der Waals surface area contributed by atoms with E-state index in [9.17, 15) is 4.79 Å². The quantitative estimate of drug-likeness (QED) is 0.785. The minimum Gasteiger partial charge on any atom is -0.339 e. The van der Waals surface area contributed by atoms with Crippen LogP contribution >= 0.6 is 22.6 Å². The zero-order valence-corrected chi connectivity index (χ0v) is 11.5. The maximum atomic E-state index is 12.2. The molecule has 0 spiro atoms. The van der Waals surface area contributed by atoms with Crippen LogP contribution in [-0.2, 0) is 0 Å². The van der Waals surface area contributed by atoms with E-state index < -0.39 is 0 Å². The maximum Gasteiger partial charge on any atom is 0.255 e. The van der Waals surface area contributed by atoms with Crippen LogP contribution in [0.2, 0.25) is 0 Å². The van der Waals surface area contributed by atoms with Crippen LogP contribution in [0.1, 0.15) is 29.8 Å². The molecule has 0 N–H and O–H groups in total. The van der Waals surface area contributed by atoms with Gasteiger partial charge < -0.3 is 4.90 Å². The van der Waals surface area contributed by atoms with Crippen molar-refractivity contribution in [2.45, 2.75) is 20.8 Å². The Bertz CT molecular complexity index is 338. The summed E-state index contributed by atoms with van der Waals surface area (Å²) in [7, 11) is 0. The largest absolute Gasteiger partial charge is 0.339 e. The zero-order valence-electron chi connectivity index (χ0n) is 9.38. The Kier molecular flexibility index (Phi) is 4.57. The highest BCUT2D eigenvalue weighted by Crippen LogP contribution is 2.18. The smallest absolute Gasteiger partial charge is 0.255 e. The third-order valence-corrected chi connectivity index (χ3v) is 3.39. The SMILES string of the molecule is CCN(CC)C(=O)c1c(C)cccc1I. The van der Waals surface area contributed by atoms with E-state index in [1.807, 2.05) is 43.9 Å². The number of amides is 1. The highest BCUT2D eigenvalue weighted by atomic mass is 127. The van der Waals surface area contributed by atoms with Gasteiger partial charge in [-0.25, -0.2) is 0 Å². The van der Waals surface area contributed by atoms with E-state index in [1.165, 1.54) is 0 Å². The van der Waals surface area contributed by atoms with E-state index in [2.05, 4.69) is 22.6 Å². The summed E-state index contributed by atoms with van der Waals surface area (Å²) in [5.41, 5.74) is 1.90. The van der Waals surface area contributed by atoms with Crippen molar-refractivity contribution in [3.8, 4) is 0 Å². The molecule has 1 aromatic carbocycles. The summed E-state index contributed by atoms with van der Waals surface area (Å²) in [5.74, 6) is 0.141. The molecular weight excluding hydrogens is 301 g/mol. The van der Waals surface area contributed by atoms with Crippen LogP contribution in [0.4, 0.5) is 0 Å². The molecule has 0 aliphatic heterocycles. The van der Waals surface area contributed by atoms with Gasteiger partial charge in [0.2, 0.25) is 0 Å². The van der Waals surface area contributed by atoms with E-state index in [1.54, 1.807) is 0 Å². The van der Waals surface area contributed by atoms with E-state index in [0.717, 1.165) is 27.8 Å². The van der Waals surface area contributed by atoms with Gasteiger partial charge in [-0.1, -0.05) is 12.1 Å². The molecule has 0 heterocycles. The molecule has 1 rings (SSSR count). The lowest BCUT2D eigenvalue weighted by molar-refractivity contribution is 0.0771. The van der Waals surface area contributed by atoms with Crippen LogP contribution < -0.4 is 0 Å². The Labute approximate surface area is 105 Å². The molecule has 0 aromatic heterocycles. The van der Waals surface area contributed by atoms with Crippen molar-refractivity contribution in [3.63, 3.8) is 0 Å². The number of rotatable bonds is 3. The van der Waals surface area contributed by atoms with Gasteiger partial charge in [0.05, 0.1) is 5.56 Å². The van der Waals surface area contributed by atoms with Gasteiger partial charge in [0, 0.05) is 16.7 Å².